The Bertz CT molecular complexity index is 1710. The molecule has 190 valence electrons. The van der Waals surface area contributed by atoms with Crippen molar-refractivity contribution in [3.63, 3.8) is 0 Å². The zero-order valence-electron chi connectivity index (χ0n) is 20.2. The van der Waals surface area contributed by atoms with E-state index in [1.807, 2.05) is 60.7 Å². The van der Waals surface area contributed by atoms with E-state index in [2.05, 4.69) is 15.5 Å². The van der Waals surface area contributed by atoms with Crippen LogP contribution in [0.15, 0.2) is 66.7 Å². The highest BCUT2D eigenvalue weighted by Gasteiger charge is 2.61. The average Bonchev–Trinajstić information content (AvgIpc) is 3.70. The molecule has 0 bridgehead atoms. The number of rotatable bonds is 5. The van der Waals surface area contributed by atoms with Crippen LogP contribution in [0.25, 0.3) is 39.3 Å². The van der Waals surface area contributed by atoms with Gasteiger partial charge in [-0.2, -0.15) is 0 Å². The van der Waals surface area contributed by atoms with Crippen LogP contribution in [-0.2, 0) is 5.54 Å². The number of benzene rings is 2. The molecule has 7 rings (SSSR count). The second-order valence-corrected chi connectivity index (χ2v) is 10.7. The maximum Gasteiger partial charge on any atom is 0.405 e. The normalized spacial score (nSPS) is 22.9. The standard InChI is InChI=1S/C28H23ClN6O3/c29-25-34-33-21-13-12-20-24(35(21)25)31-23(16-4-2-1-3-5-16)22(30-20)17-6-8-18(9-7-17)27(32-26(36)37)14-28(38,15-27)19-10-11-19/h1-9,12-13,19,32,38H,10-11,14-15H2,(H,36,37)/t27-,28+. The van der Waals surface area contributed by atoms with Crippen LogP contribution in [0.3, 0.4) is 0 Å². The molecular weight excluding hydrogens is 504 g/mol. The van der Waals surface area contributed by atoms with E-state index in [0.29, 0.717) is 41.0 Å². The number of nitrogens with zero attached hydrogens (tertiary/aromatic N) is 5. The molecular formula is C28H23ClN6O3. The summed E-state index contributed by atoms with van der Waals surface area (Å²) in [6, 6.07) is 21.1. The third-order valence-electron chi connectivity index (χ3n) is 7.81. The first-order chi connectivity index (χ1) is 18.4. The molecule has 5 aromatic rings. The summed E-state index contributed by atoms with van der Waals surface area (Å²) in [5.74, 6) is 0.262. The van der Waals surface area contributed by atoms with Gasteiger partial charge in [0.05, 0.1) is 22.5 Å². The van der Waals surface area contributed by atoms with Crippen LogP contribution in [0.2, 0.25) is 5.28 Å². The van der Waals surface area contributed by atoms with Crippen molar-refractivity contribution in [3.05, 3.63) is 77.6 Å². The van der Waals surface area contributed by atoms with Gasteiger partial charge in [0.1, 0.15) is 5.52 Å². The molecule has 0 saturated heterocycles. The number of hydrogen-bond donors (Lipinski definition) is 3. The van der Waals surface area contributed by atoms with E-state index >= 15 is 0 Å². The first kappa shape index (κ1) is 23.1. The van der Waals surface area contributed by atoms with Crippen molar-refractivity contribution < 1.29 is 15.0 Å². The van der Waals surface area contributed by atoms with Gasteiger partial charge in [0, 0.05) is 24.0 Å². The minimum atomic E-state index is -1.10. The van der Waals surface area contributed by atoms with Crippen molar-refractivity contribution in [2.24, 2.45) is 5.92 Å². The van der Waals surface area contributed by atoms with Crippen LogP contribution < -0.4 is 5.32 Å². The topological polar surface area (TPSA) is 126 Å². The van der Waals surface area contributed by atoms with Gasteiger partial charge < -0.3 is 15.5 Å². The molecule has 2 fully saturated rings. The zero-order valence-corrected chi connectivity index (χ0v) is 20.9. The molecule has 3 aromatic heterocycles. The zero-order chi connectivity index (χ0) is 26.1. The van der Waals surface area contributed by atoms with Crippen molar-refractivity contribution in [2.45, 2.75) is 36.8 Å². The Balaban J connectivity index is 1.34. The molecule has 2 saturated carbocycles. The summed E-state index contributed by atoms with van der Waals surface area (Å²) < 4.78 is 1.67. The Kier molecular flexibility index (Phi) is 4.98. The van der Waals surface area contributed by atoms with Gasteiger partial charge in [0.15, 0.2) is 11.3 Å². The predicted octanol–water partition coefficient (Wildman–Crippen LogP) is 5.06. The summed E-state index contributed by atoms with van der Waals surface area (Å²) in [4.78, 5) is 21.6. The number of carbonyl (C=O) groups is 1. The van der Waals surface area contributed by atoms with Crippen LogP contribution in [0, 0.1) is 5.92 Å². The van der Waals surface area contributed by atoms with Crippen molar-refractivity contribution in [1.82, 2.24) is 29.9 Å². The molecule has 9 nitrogen and oxygen atoms in total. The molecule has 0 spiro atoms. The van der Waals surface area contributed by atoms with Crippen LogP contribution >= 0.6 is 11.6 Å². The number of fused-ring (bicyclic) bond motifs is 3. The number of pyridine rings is 1. The van der Waals surface area contributed by atoms with Crippen molar-refractivity contribution in [3.8, 4) is 22.5 Å². The van der Waals surface area contributed by atoms with Gasteiger partial charge in [-0.1, -0.05) is 54.6 Å². The summed E-state index contributed by atoms with van der Waals surface area (Å²) in [6.07, 6.45) is 1.63. The predicted molar refractivity (Wildman–Crippen MR) is 142 cm³/mol. The molecule has 2 aromatic carbocycles. The summed E-state index contributed by atoms with van der Waals surface area (Å²) in [5.41, 5.74) is 4.05. The maximum absolute atomic E-state index is 11.7. The number of aliphatic hydroxyl groups is 1. The summed E-state index contributed by atoms with van der Waals surface area (Å²) in [7, 11) is 0. The third kappa shape index (κ3) is 3.61. The summed E-state index contributed by atoms with van der Waals surface area (Å²) in [6.45, 7) is 0. The lowest BCUT2D eigenvalue weighted by molar-refractivity contribution is -0.116. The van der Waals surface area contributed by atoms with E-state index in [-0.39, 0.29) is 11.2 Å². The summed E-state index contributed by atoms with van der Waals surface area (Å²) >= 11 is 6.32. The van der Waals surface area contributed by atoms with Crippen LogP contribution in [0.4, 0.5) is 4.79 Å². The van der Waals surface area contributed by atoms with Gasteiger partial charge in [-0.3, -0.25) is 0 Å². The lowest BCUT2D eigenvalue weighted by Gasteiger charge is -2.54. The number of carboxylic acid groups (broad SMARTS) is 1. The average molecular weight is 527 g/mol. The van der Waals surface area contributed by atoms with Crippen LogP contribution in [0.5, 0.6) is 0 Å². The van der Waals surface area contributed by atoms with Gasteiger partial charge in [0.2, 0.25) is 5.28 Å². The number of nitrogens with one attached hydrogen (secondary N) is 1. The van der Waals surface area contributed by atoms with E-state index in [4.69, 9.17) is 21.6 Å². The molecule has 0 unspecified atom stereocenters. The fraction of sp³-hybridized carbons (Fsp3) is 0.250. The monoisotopic (exact) mass is 526 g/mol. The Labute approximate surface area is 222 Å². The fourth-order valence-electron chi connectivity index (χ4n) is 5.87. The first-order valence-electron chi connectivity index (χ1n) is 12.5. The molecule has 2 aliphatic rings. The highest BCUT2D eigenvalue weighted by Crippen LogP contribution is 2.58. The molecule has 3 N–H and O–H groups in total. The molecule has 3 heterocycles. The van der Waals surface area contributed by atoms with Crippen molar-refractivity contribution in [2.75, 3.05) is 0 Å². The van der Waals surface area contributed by atoms with Crippen LogP contribution in [-0.4, -0.2) is 46.5 Å². The molecule has 1 amide bonds. The fourth-order valence-corrected chi connectivity index (χ4v) is 6.07. The lowest BCUT2D eigenvalue weighted by Crippen LogP contribution is -2.63. The molecule has 10 heteroatoms. The van der Waals surface area contributed by atoms with Gasteiger partial charge in [-0.25, -0.2) is 19.2 Å². The first-order valence-corrected chi connectivity index (χ1v) is 12.8. The largest absolute Gasteiger partial charge is 0.465 e. The second kappa shape index (κ2) is 8.21. The Morgan fingerprint density at radius 3 is 2.29 bits per heavy atom. The van der Waals surface area contributed by atoms with E-state index < -0.39 is 17.2 Å². The molecule has 0 atom stereocenters. The van der Waals surface area contributed by atoms with E-state index in [0.717, 1.165) is 29.5 Å². The highest BCUT2D eigenvalue weighted by molar-refractivity contribution is 6.28. The Hall–Kier alpha value is -4.08. The highest BCUT2D eigenvalue weighted by atomic mass is 35.5. The van der Waals surface area contributed by atoms with E-state index in [1.165, 1.54) is 0 Å². The summed E-state index contributed by atoms with van der Waals surface area (Å²) in [5, 5.41) is 31.5. The lowest BCUT2D eigenvalue weighted by atomic mass is 9.59. The minimum absolute atomic E-state index is 0.207. The molecule has 0 radical (unpaired) electrons. The Morgan fingerprint density at radius 1 is 0.921 bits per heavy atom. The van der Waals surface area contributed by atoms with Gasteiger partial charge in [-0.05, 0) is 48.1 Å². The maximum atomic E-state index is 11.7. The number of hydrogen-bond acceptors (Lipinski definition) is 6. The van der Waals surface area contributed by atoms with Crippen LogP contribution in [0.1, 0.15) is 31.2 Å². The molecule has 2 aliphatic carbocycles. The smallest absolute Gasteiger partial charge is 0.405 e. The Morgan fingerprint density at radius 2 is 1.61 bits per heavy atom. The SMILES string of the molecule is O=C(O)N[C@]1(c2ccc(-c3nc4ccc5nnc(Cl)n5c4nc3-c3ccccc3)cc2)C[C@@](O)(C2CC2)C1. The molecule has 38 heavy (non-hydrogen) atoms. The minimum Gasteiger partial charge on any atom is -0.465 e. The van der Waals surface area contributed by atoms with Gasteiger partial charge >= 0.3 is 6.09 Å². The van der Waals surface area contributed by atoms with Crippen molar-refractivity contribution in [1.29, 1.82) is 0 Å². The number of halogens is 1. The van der Waals surface area contributed by atoms with Gasteiger partial charge in [-0.15, -0.1) is 10.2 Å². The molecule has 0 aliphatic heterocycles. The third-order valence-corrected chi connectivity index (χ3v) is 8.06. The van der Waals surface area contributed by atoms with Gasteiger partial charge in [0.25, 0.3) is 0 Å². The van der Waals surface area contributed by atoms with E-state index in [9.17, 15) is 15.0 Å². The van der Waals surface area contributed by atoms with E-state index in [1.54, 1.807) is 10.5 Å². The number of amides is 1. The quantitative estimate of drug-likeness (QED) is 0.292. The number of aromatic nitrogens is 5. The second-order valence-electron chi connectivity index (χ2n) is 10.3. The van der Waals surface area contributed by atoms with Crippen molar-refractivity contribution >= 4 is 34.5 Å².